The number of aryl methyl sites for hydroxylation is 1. The first-order valence-corrected chi connectivity index (χ1v) is 8.63. The van der Waals surface area contributed by atoms with E-state index in [1.165, 1.54) is 4.90 Å². The van der Waals surface area contributed by atoms with Crippen molar-refractivity contribution in [2.75, 3.05) is 4.90 Å². The van der Waals surface area contributed by atoms with E-state index in [1.807, 2.05) is 85.8 Å². The Bertz CT molecular complexity index is 953. The van der Waals surface area contributed by atoms with Crippen LogP contribution < -0.4 is 4.90 Å². The summed E-state index contributed by atoms with van der Waals surface area (Å²) < 4.78 is 1.70. The van der Waals surface area contributed by atoms with Crippen LogP contribution in [0, 0.1) is 12.8 Å². The molecule has 4 nitrogen and oxygen atoms in total. The molecule has 2 aromatic rings. The highest BCUT2D eigenvalue weighted by atomic mass is 16.2. The maximum absolute atomic E-state index is 13.2. The van der Waals surface area contributed by atoms with Crippen molar-refractivity contribution in [3.05, 3.63) is 90.0 Å². The largest absolute Gasteiger partial charge is 0.506 e. The first-order chi connectivity index (χ1) is 12.6. The monoisotopic (exact) mass is 343 g/mol. The highest BCUT2D eigenvalue weighted by Crippen LogP contribution is 2.26. The summed E-state index contributed by atoms with van der Waals surface area (Å²) in [6.07, 6.45) is 7.43. The van der Waals surface area contributed by atoms with Crippen molar-refractivity contribution in [2.45, 2.75) is 13.5 Å². The van der Waals surface area contributed by atoms with Gasteiger partial charge in [0.25, 0.3) is 0 Å². The average molecular weight is 343 g/mol. The Kier molecular flexibility index (Phi) is 4.09. The van der Waals surface area contributed by atoms with Crippen molar-refractivity contribution in [1.82, 2.24) is 0 Å². The lowest BCUT2D eigenvalue weighted by molar-refractivity contribution is -0.445. The molecule has 1 atom stereocenters. The van der Waals surface area contributed by atoms with Crippen molar-refractivity contribution in [3.8, 4) is 0 Å². The maximum atomic E-state index is 13.2. The van der Waals surface area contributed by atoms with E-state index in [-0.39, 0.29) is 11.9 Å². The molecule has 1 heterocycles. The minimum Gasteiger partial charge on any atom is -0.245 e. The van der Waals surface area contributed by atoms with Gasteiger partial charge in [0.1, 0.15) is 23.9 Å². The van der Waals surface area contributed by atoms with Crippen LogP contribution in [0.2, 0.25) is 0 Å². The Morgan fingerprint density at radius 1 is 0.962 bits per heavy atom. The van der Waals surface area contributed by atoms with Crippen molar-refractivity contribution in [1.29, 1.82) is 0 Å². The number of fused-ring (bicyclic) bond motifs is 1. The van der Waals surface area contributed by atoms with Crippen LogP contribution in [0.1, 0.15) is 11.1 Å². The van der Waals surface area contributed by atoms with Gasteiger partial charge in [0.2, 0.25) is 0 Å². The first kappa shape index (κ1) is 16.2. The SMILES string of the molecule is Cc1ccc(N2C(=O)C3C=CC=CC3=[N+](Cc3ccccc3)C2=O)cc1. The molecule has 0 aromatic heterocycles. The quantitative estimate of drug-likeness (QED) is 0.794. The molecule has 2 aromatic carbocycles. The molecule has 0 fully saturated rings. The summed E-state index contributed by atoms with van der Waals surface area (Å²) in [4.78, 5) is 27.6. The second kappa shape index (κ2) is 6.56. The molecule has 0 N–H and O–H groups in total. The number of urea groups is 1. The number of carbonyl (C=O) groups excluding carboxylic acids is 2. The third-order valence-electron chi connectivity index (χ3n) is 4.70. The summed E-state index contributed by atoms with van der Waals surface area (Å²) in [7, 11) is 0. The number of nitrogens with zero attached hydrogens (tertiary/aromatic N) is 2. The molecule has 3 amide bonds. The predicted molar refractivity (Wildman–Crippen MR) is 101 cm³/mol. The van der Waals surface area contributed by atoms with E-state index in [2.05, 4.69) is 0 Å². The van der Waals surface area contributed by atoms with Crippen molar-refractivity contribution >= 4 is 23.3 Å². The summed E-state index contributed by atoms with van der Waals surface area (Å²) in [5, 5.41) is 0. The Morgan fingerprint density at radius 3 is 2.42 bits per heavy atom. The molecule has 1 aliphatic carbocycles. The topological polar surface area (TPSA) is 40.4 Å². The Morgan fingerprint density at radius 2 is 1.69 bits per heavy atom. The lowest BCUT2D eigenvalue weighted by atomic mass is 9.94. The van der Waals surface area contributed by atoms with Crippen LogP contribution >= 0.6 is 0 Å². The van der Waals surface area contributed by atoms with Gasteiger partial charge in [0, 0.05) is 0 Å². The van der Waals surface area contributed by atoms with Gasteiger partial charge >= 0.3 is 11.9 Å². The summed E-state index contributed by atoms with van der Waals surface area (Å²) in [6.45, 7) is 2.41. The molecule has 0 saturated carbocycles. The van der Waals surface area contributed by atoms with Gasteiger partial charge in [-0.2, -0.15) is 9.37 Å². The zero-order valence-corrected chi connectivity index (χ0v) is 14.5. The lowest BCUT2D eigenvalue weighted by Crippen LogP contribution is -2.54. The highest BCUT2D eigenvalue weighted by Gasteiger charge is 2.47. The molecule has 0 spiro atoms. The second-order valence-corrected chi connectivity index (χ2v) is 6.51. The average Bonchev–Trinajstić information content (AvgIpc) is 2.67. The zero-order chi connectivity index (χ0) is 18.1. The van der Waals surface area contributed by atoms with Crippen LogP contribution in [0.15, 0.2) is 78.9 Å². The van der Waals surface area contributed by atoms with E-state index >= 15 is 0 Å². The number of anilines is 1. The number of amides is 3. The van der Waals surface area contributed by atoms with Gasteiger partial charge in [-0.05, 0) is 30.7 Å². The summed E-state index contributed by atoms with van der Waals surface area (Å²) in [5.74, 6) is -0.651. The fourth-order valence-electron chi connectivity index (χ4n) is 3.32. The molecule has 4 heteroatoms. The number of hydrogen-bond donors (Lipinski definition) is 0. The minimum absolute atomic E-state index is 0.209. The number of carbonyl (C=O) groups is 2. The van der Waals surface area contributed by atoms with Crippen LogP contribution in [0.3, 0.4) is 0 Å². The molecule has 1 unspecified atom stereocenters. The van der Waals surface area contributed by atoms with Gasteiger partial charge in [-0.1, -0.05) is 66.3 Å². The number of allylic oxidation sites excluding steroid dienone is 3. The molecular formula is C22H19N2O2+. The highest BCUT2D eigenvalue weighted by molar-refractivity contribution is 6.25. The normalized spacial score (nSPS) is 19.1. The van der Waals surface area contributed by atoms with Crippen LogP contribution in [0.5, 0.6) is 0 Å². The lowest BCUT2D eigenvalue weighted by Gasteiger charge is -2.26. The van der Waals surface area contributed by atoms with Crippen molar-refractivity contribution in [3.63, 3.8) is 0 Å². The molecule has 0 saturated heterocycles. The van der Waals surface area contributed by atoms with E-state index in [0.717, 1.165) is 16.8 Å². The number of benzene rings is 2. The smallest absolute Gasteiger partial charge is 0.245 e. The van der Waals surface area contributed by atoms with Crippen molar-refractivity contribution < 1.29 is 14.2 Å². The molecule has 2 aliphatic rings. The zero-order valence-electron chi connectivity index (χ0n) is 14.5. The molecule has 26 heavy (non-hydrogen) atoms. The maximum Gasteiger partial charge on any atom is 0.506 e. The first-order valence-electron chi connectivity index (χ1n) is 8.63. The van der Waals surface area contributed by atoms with Gasteiger partial charge in [-0.3, -0.25) is 0 Å². The molecule has 0 bridgehead atoms. The van der Waals surface area contributed by atoms with Crippen LogP contribution in [0.25, 0.3) is 0 Å². The van der Waals surface area contributed by atoms with E-state index < -0.39 is 5.92 Å². The van der Waals surface area contributed by atoms with Crippen LogP contribution in [-0.2, 0) is 11.3 Å². The third kappa shape index (κ3) is 2.80. The second-order valence-electron chi connectivity index (χ2n) is 6.51. The van der Waals surface area contributed by atoms with E-state index in [0.29, 0.717) is 12.2 Å². The Labute approximate surface area is 152 Å². The molecule has 4 rings (SSSR count). The number of hydrogen-bond acceptors (Lipinski definition) is 2. The standard InChI is InChI=1S/C22H19N2O2/c1-16-11-13-18(14-12-16)24-21(25)19-9-5-6-10-20(19)23(22(24)26)15-17-7-3-2-4-8-17/h2-14,19H,15H2,1H3/q+1. The van der Waals surface area contributed by atoms with Gasteiger partial charge in [-0.15, -0.1) is 4.90 Å². The minimum atomic E-state index is -0.442. The summed E-state index contributed by atoms with van der Waals surface area (Å²) in [5.41, 5.74) is 3.44. The van der Waals surface area contributed by atoms with Gasteiger partial charge in [0.15, 0.2) is 0 Å². The van der Waals surface area contributed by atoms with Gasteiger partial charge in [-0.25, -0.2) is 4.79 Å². The number of imide groups is 1. The van der Waals surface area contributed by atoms with E-state index in [4.69, 9.17) is 0 Å². The number of rotatable bonds is 3. The van der Waals surface area contributed by atoms with Crippen LogP contribution in [-0.4, -0.2) is 22.2 Å². The predicted octanol–water partition coefficient (Wildman–Crippen LogP) is 3.86. The van der Waals surface area contributed by atoms with E-state index in [1.54, 1.807) is 4.58 Å². The van der Waals surface area contributed by atoms with Crippen molar-refractivity contribution in [2.24, 2.45) is 5.92 Å². The summed E-state index contributed by atoms with van der Waals surface area (Å²) in [6, 6.07) is 17.0. The third-order valence-corrected chi connectivity index (χ3v) is 4.70. The van der Waals surface area contributed by atoms with Gasteiger partial charge in [0.05, 0.1) is 0 Å². The Hall–Kier alpha value is -3.27. The molecule has 0 radical (unpaired) electrons. The summed E-state index contributed by atoms with van der Waals surface area (Å²) >= 11 is 0. The Balaban J connectivity index is 1.80. The molecular weight excluding hydrogens is 324 g/mol. The molecule has 128 valence electrons. The van der Waals surface area contributed by atoms with Gasteiger partial charge < -0.3 is 0 Å². The van der Waals surface area contributed by atoms with E-state index in [9.17, 15) is 9.59 Å². The van der Waals surface area contributed by atoms with Crippen LogP contribution in [0.4, 0.5) is 10.5 Å². The fourth-order valence-corrected chi connectivity index (χ4v) is 3.32. The fraction of sp³-hybridized carbons (Fsp3) is 0.136. The molecule has 1 aliphatic heterocycles.